The smallest absolute Gasteiger partial charge is 0.226 e. The molecule has 0 bridgehead atoms. The second kappa shape index (κ2) is 5.80. The average molecular weight is 370 g/mol. The Morgan fingerprint density at radius 1 is 1.14 bits per heavy atom. The van der Waals surface area contributed by atoms with E-state index < -0.39 is 0 Å². The predicted molar refractivity (Wildman–Crippen MR) is 84.9 cm³/mol. The number of halogens is 1. The van der Waals surface area contributed by atoms with Crippen molar-refractivity contribution < 1.29 is 0 Å². The molecule has 0 atom stereocenters. The van der Waals surface area contributed by atoms with Crippen LogP contribution in [0, 0.1) is 13.8 Å². The lowest BCUT2D eigenvalue weighted by Crippen LogP contribution is -2.21. The standard InChI is InChI=1S/C12H16BrN7S/c1-7-9(13)10(21-12-18-17-8(2)20(12)14)16-11(15-7)19-5-3-4-6-19/h3-6,14H2,1-2H3. The summed E-state index contributed by atoms with van der Waals surface area (Å²) >= 11 is 4.94. The summed E-state index contributed by atoms with van der Waals surface area (Å²) in [6.45, 7) is 5.80. The highest BCUT2D eigenvalue weighted by molar-refractivity contribution is 9.10. The molecule has 21 heavy (non-hydrogen) atoms. The normalized spacial score (nSPS) is 14.9. The lowest BCUT2D eigenvalue weighted by atomic mass is 10.4. The summed E-state index contributed by atoms with van der Waals surface area (Å²) in [5, 5.41) is 9.45. The van der Waals surface area contributed by atoms with Crippen LogP contribution in [0.1, 0.15) is 24.4 Å². The van der Waals surface area contributed by atoms with E-state index >= 15 is 0 Å². The van der Waals surface area contributed by atoms with Crippen LogP contribution in [-0.2, 0) is 0 Å². The second-order valence-corrected chi connectivity index (χ2v) is 6.67. The number of aryl methyl sites for hydroxylation is 2. The van der Waals surface area contributed by atoms with E-state index in [0.29, 0.717) is 11.0 Å². The minimum Gasteiger partial charge on any atom is -0.341 e. The number of hydrogen-bond acceptors (Lipinski definition) is 7. The SMILES string of the molecule is Cc1nc(N2CCCC2)nc(Sc2nnc(C)n2N)c1Br. The molecule has 2 N–H and O–H groups in total. The van der Waals surface area contributed by atoms with Gasteiger partial charge in [0.15, 0.2) is 0 Å². The molecule has 0 aromatic carbocycles. The van der Waals surface area contributed by atoms with E-state index in [-0.39, 0.29) is 0 Å². The van der Waals surface area contributed by atoms with Crippen molar-refractivity contribution in [2.45, 2.75) is 36.9 Å². The Morgan fingerprint density at radius 2 is 1.86 bits per heavy atom. The van der Waals surface area contributed by atoms with Crippen LogP contribution in [0.5, 0.6) is 0 Å². The summed E-state index contributed by atoms with van der Waals surface area (Å²) in [5.41, 5.74) is 0.911. The largest absolute Gasteiger partial charge is 0.341 e. The van der Waals surface area contributed by atoms with E-state index in [1.54, 1.807) is 0 Å². The van der Waals surface area contributed by atoms with E-state index in [0.717, 1.165) is 34.2 Å². The lowest BCUT2D eigenvalue weighted by Gasteiger charge is -2.17. The Labute approximate surface area is 135 Å². The van der Waals surface area contributed by atoms with Crippen LogP contribution in [0.15, 0.2) is 14.7 Å². The second-order valence-electron chi connectivity index (χ2n) is 4.92. The highest BCUT2D eigenvalue weighted by Gasteiger charge is 2.20. The van der Waals surface area contributed by atoms with Gasteiger partial charge in [0.25, 0.3) is 0 Å². The van der Waals surface area contributed by atoms with Crippen LogP contribution in [0.2, 0.25) is 0 Å². The van der Waals surface area contributed by atoms with E-state index in [9.17, 15) is 0 Å². The summed E-state index contributed by atoms with van der Waals surface area (Å²) in [5.74, 6) is 7.34. The zero-order valence-corrected chi connectivity index (χ0v) is 14.3. The van der Waals surface area contributed by atoms with Crippen molar-refractivity contribution in [2.75, 3.05) is 23.8 Å². The molecule has 3 rings (SSSR count). The maximum atomic E-state index is 5.90. The van der Waals surface area contributed by atoms with Crippen molar-refractivity contribution >= 4 is 33.6 Å². The van der Waals surface area contributed by atoms with Gasteiger partial charge in [-0.2, -0.15) is 0 Å². The Balaban J connectivity index is 1.95. The third kappa shape index (κ3) is 2.84. The Hall–Kier alpha value is -1.35. The van der Waals surface area contributed by atoms with Crippen LogP contribution < -0.4 is 10.7 Å². The molecular weight excluding hydrogens is 354 g/mol. The molecule has 112 valence electrons. The molecule has 0 radical (unpaired) electrons. The molecule has 9 heteroatoms. The van der Waals surface area contributed by atoms with Crippen LogP contribution in [0.4, 0.5) is 5.95 Å². The lowest BCUT2D eigenvalue weighted by molar-refractivity contribution is 0.817. The van der Waals surface area contributed by atoms with Crippen molar-refractivity contribution in [3.05, 3.63) is 16.0 Å². The molecule has 1 aliphatic heterocycles. The average Bonchev–Trinajstić information content (AvgIpc) is 3.09. The zero-order chi connectivity index (χ0) is 15.0. The molecule has 2 aromatic rings. The molecule has 0 saturated carbocycles. The molecule has 2 aromatic heterocycles. The van der Waals surface area contributed by atoms with Gasteiger partial charge >= 0.3 is 0 Å². The quantitative estimate of drug-likeness (QED) is 0.653. The van der Waals surface area contributed by atoms with Crippen molar-refractivity contribution in [3.8, 4) is 0 Å². The van der Waals surface area contributed by atoms with Gasteiger partial charge in [0, 0.05) is 13.1 Å². The van der Waals surface area contributed by atoms with E-state index in [4.69, 9.17) is 5.84 Å². The Kier molecular flexibility index (Phi) is 4.03. The van der Waals surface area contributed by atoms with Gasteiger partial charge in [0.1, 0.15) is 10.9 Å². The van der Waals surface area contributed by atoms with Crippen molar-refractivity contribution in [3.63, 3.8) is 0 Å². The topological polar surface area (TPSA) is 85.8 Å². The first-order chi connectivity index (χ1) is 10.1. The zero-order valence-electron chi connectivity index (χ0n) is 11.9. The van der Waals surface area contributed by atoms with E-state index in [2.05, 4.69) is 41.0 Å². The van der Waals surface area contributed by atoms with Crippen LogP contribution in [-0.4, -0.2) is 37.9 Å². The first kappa shape index (κ1) is 14.6. The molecule has 1 saturated heterocycles. The summed E-state index contributed by atoms with van der Waals surface area (Å²) in [7, 11) is 0. The van der Waals surface area contributed by atoms with Gasteiger partial charge in [0.2, 0.25) is 11.1 Å². The van der Waals surface area contributed by atoms with E-state index in [1.807, 2.05) is 13.8 Å². The number of anilines is 1. The summed E-state index contributed by atoms with van der Waals surface area (Å²) in [4.78, 5) is 11.4. The fourth-order valence-electron chi connectivity index (χ4n) is 2.15. The minimum absolute atomic E-state index is 0.610. The Bertz CT molecular complexity index is 666. The first-order valence-corrected chi connectivity index (χ1v) is 8.31. The fraction of sp³-hybridized carbons (Fsp3) is 0.500. The summed E-state index contributed by atoms with van der Waals surface area (Å²) in [6, 6.07) is 0. The highest BCUT2D eigenvalue weighted by Crippen LogP contribution is 2.33. The number of hydrogen-bond donors (Lipinski definition) is 1. The molecule has 1 fully saturated rings. The van der Waals surface area contributed by atoms with Gasteiger partial charge < -0.3 is 10.7 Å². The number of rotatable bonds is 3. The molecular formula is C12H16BrN7S. The molecule has 0 spiro atoms. The monoisotopic (exact) mass is 369 g/mol. The molecule has 0 aliphatic carbocycles. The van der Waals surface area contributed by atoms with Crippen molar-refractivity contribution in [1.29, 1.82) is 0 Å². The molecule has 0 unspecified atom stereocenters. The van der Waals surface area contributed by atoms with Crippen molar-refractivity contribution in [2.24, 2.45) is 0 Å². The van der Waals surface area contributed by atoms with E-state index in [1.165, 1.54) is 29.3 Å². The van der Waals surface area contributed by atoms with Gasteiger partial charge in [-0.05, 0) is 54.4 Å². The molecule has 1 aliphatic rings. The maximum Gasteiger partial charge on any atom is 0.226 e. The number of aromatic nitrogens is 5. The number of nitrogens with zero attached hydrogens (tertiary/aromatic N) is 6. The van der Waals surface area contributed by atoms with Crippen LogP contribution in [0.25, 0.3) is 0 Å². The van der Waals surface area contributed by atoms with Crippen LogP contribution >= 0.6 is 27.7 Å². The summed E-state index contributed by atoms with van der Waals surface area (Å²) < 4.78 is 2.33. The Morgan fingerprint density at radius 3 is 2.48 bits per heavy atom. The third-order valence-electron chi connectivity index (χ3n) is 3.39. The third-order valence-corrected chi connectivity index (χ3v) is 5.55. The minimum atomic E-state index is 0.610. The van der Waals surface area contributed by atoms with Crippen LogP contribution in [0.3, 0.4) is 0 Å². The molecule has 3 heterocycles. The van der Waals surface area contributed by atoms with Crippen molar-refractivity contribution in [1.82, 2.24) is 24.8 Å². The number of nitrogens with two attached hydrogens (primary N) is 1. The van der Waals surface area contributed by atoms with Gasteiger partial charge in [-0.15, -0.1) is 10.2 Å². The van der Waals surface area contributed by atoms with Gasteiger partial charge in [-0.25, -0.2) is 14.6 Å². The molecule has 7 nitrogen and oxygen atoms in total. The maximum absolute atomic E-state index is 5.90. The van der Waals surface area contributed by atoms with Gasteiger partial charge in [0.05, 0.1) is 10.2 Å². The predicted octanol–water partition coefficient (Wildman–Crippen LogP) is 1.91. The molecule has 0 amide bonds. The van der Waals surface area contributed by atoms with Gasteiger partial charge in [-0.1, -0.05) is 0 Å². The van der Waals surface area contributed by atoms with Gasteiger partial charge in [-0.3, -0.25) is 0 Å². The fourth-order valence-corrected chi connectivity index (χ4v) is 3.42. The number of nitrogen functional groups attached to an aromatic ring is 1. The highest BCUT2D eigenvalue weighted by atomic mass is 79.9. The first-order valence-electron chi connectivity index (χ1n) is 6.70. The summed E-state index contributed by atoms with van der Waals surface area (Å²) in [6.07, 6.45) is 2.38.